The molecule has 1 unspecified atom stereocenters. The van der Waals surface area contributed by atoms with Gasteiger partial charge in [0.2, 0.25) is 0 Å². The number of likely N-dealkylation sites (tertiary alicyclic amines) is 1. The first kappa shape index (κ1) is 21.5. The zero-order valence-electron chi connectivity index (χ0n) is 15.9. The highest BCUT2D eigenvalue weighted by Crippen LogP contribution is 2.32. The third-order valence-corrected chi connectivity index (χ3v) is 5.25. The second-order valence-corrected chi connectivity index (χ2v) is 7.50. The molecule has 1 aliphatic heterocycles. The van der Waals surface area contributed by atoms with Crippen LogP contribution in [0.2, 0.25) is 5.02 Å². The van der Waals surface area contributed by atoms with Gasteiger partial charge < -0.3 is 10.1 Å². The molecule has 0 bridgehead atoms. The molecular formula is C21H22ClF3N2O2. The first-order valence-electron chi connectivity index (χ1n) is 9.29. The van der Waals surface area contributed by atoms with Crippen molar-refractivity contribution in [1.82, 2.24) is 10.2 Å². The summed E-state index contributed by atoms with van der Waals surface area (Å²) in [5.74, 6) is 0.192. The third-order valence-electron chi connectivity index (χ3n) is 4.92. The summed E-state index contributed by atoms with van der Waals surface area (Å²) < 4.78 is 44.1. The molecule has 1 fully saturated rings. The molecule has 29 heavy (non-hydrogen) atoms. The maximum atomic E-state index is 12.9. The molecule has 0 aromatic heterocycles. The van der Waals surface area contributed by atoms with Gasteiger partial charge in [0, 0.05) is 19.1 Å². The van der Waals surface area contributed by atoms with E-state index in [9.17, 15) is 18.0 Å². The lowest BCUT2D eigenvalue weighted by Crippen LogP contribution is -2.47. The van der Waals surface area contributed by atoms with Crippen molar-refractivity contribution in [3.63, 3.8) is 0 Å². The Morgan fingerprint density at radius 3 is 2.79 bits per heavy atom. The first-order chi connectivity index (χ1) is 13.8. The van der Waals surface area contributed by atoms with Crippen molar-refractivity contribution in [2.45, 2.75) is 31.6 Å². The molecule has 1 atom stereocenters. The van der Waals surface area contributed by atoms with Crippen molar-refractivity contribution in [3.8, 4) is 5.75 Å². The summed E-state index contributed by atoms with van der Waals surface area (Å²) in [5, 5.41) is 2.84. The number of methoxy groups -OCH3 is 1. The minimum atomic E-state index is -4.53. The van der Waals surface area contributed by atoms with Crippen molar-refractivity contribution in [1.29, 1.82) is 0 Å². The van der Waals surface area contributed by atoms with Gasteiger partial charge in [-0.25, -0.2) is 0 Å². The van der Waals surface area contributed by atoms with Crippen molar-refractivity contribution in [2.24, 2.45) is 0 Å². The van der Waals surface area contributed by atoms with E-state index in [1.165, 1.54) is 0 Å². The molecule has 1 N–H and O–H groups in total. The topological polar surface area (TPSA) is 41.6 Å². The van der Waals surface area contributed by atoms with E-state index in [2.05, 4.69) is 10.2 Å². The highest BCUT2D eigenvalue weighted by Gasteiger charge is 2.32. The highest BCUT2D eigenvalue weighted by atomic mass is 35.5. The maximum absolute atomic E-state index is 12.9. The number of halogens is 4. The van der Waals surface area contributed by atoms with Gasteiger partial charge in [0.05, 0.1) is 23.3 Å². The van der Waals surface area contributed by atoms with Crippen molar-refractivity contribution in [2.75, 3.05) is 20.2 Å². The number of alkyl halides is 3. The number of piperidine rings is 1. The fourth-order valence-electron chi connectivity index (χ4n) is 3.48. The van der Waals surface area contributed by atoms with Gasteiger partial charge >= 0.3 is 6.18 Å². The molecule has 4 nitrogen and oxygen atoms in total. The SMILES string of the molecule is COc1cccc(CN2CCCC(NC(=O)c3cc(C(F)(F)F)ccc3Cl)C2)c1. The Bertz CT molecular complexity index is 873. The van der Waals surface area contributed by atoms with E-state index in [1.54, 1.807) is 7.11 Å². The van der Waals surface area contributed by atoms with Crippen LogP contribution in [0.4, 0.5) is 13.2 Å². The lowest BCUT2D eigenvalue weighted by molar-refractivity contribution is -0.137. The Labute approximate surface area is 172 Å². The van der Waals surface area contributed by atoms with Crippen LogP contribution in [0.15, 0.2) is 42.5 Å². The largest absolute Gasteiger partial charge is 0.497 e. The smallest absolute Gasteiger partial charge is 0.416 e. The van der Waals surface area contributed by atoms with Gasteiger partial charge in [-0.15, -0.1) is 0 Å². The average molecular weight is 427 g/mol. The number of nitrogens with one attached hydrogen (secondary N) is 1. The number of ether oxygens (including phenoxy) is 1. The Balaban J connectivity index is 1.65. The van der Waals surface area contributed by atoms with Gasteiger partial charge in [0.25, 0.3) is 5.91 Å². The second kappa shape index (κ2) is 9.05. The number of rotatable bonds is 5. The van der Waals surface area contributed by atoms with Gasteiger partial charge in [-0.2, -0.15) is 13.2 Å². The molecule has 2 aromatic carbocycles. The number of carbonyl (C=O) groups is 1. The molecule has 3 rings (SSSR count). The molecule has 1 amide bonds. The number of benzene rings is 2. The second-order valence-electron chi connectivity index (χ2n) is 7.09. The Morgan fingerprint density at radius 2 is 2.07 bits per heavy atom. The monoisotopic (exact) mass is 426 g/mol. The minimum absolute atomic E-state index is 0.000420. The van der Waals surface area contributed by atoms with Gasteiger partial charge in [0.15, 0.2) is 0 Å². The highest BCUT2D eigenvalue weighted by molar-refractivity contribution is 6.33. The van der Waals surface area contributed by atoms with E-state index in [0.717, 1.165) is 48.9 Å². The zero-order chi connectivity index (χ0) is 21.0. The van der Waals surface area contributed by atoms with Crippen LogP contribution in [0, 0.1) is 0 Å². The van der Waals surface area contributed by atoms with Crippen LogP contribution in [0.25, 0.3) is 0 Å². The molecule has 0 radical (unpaired) electrons. The Kier molecular flexibility index (Phi) is 6.70. The number of carbonyl (C=O) groups excluding carboxylic acids is 1. The first-order valence-corrected chi connectivity index (χ1v) is 9.67. The predicted molar refractivity (Wildman–Crippen MR) is 105 cm³/mol. The molecule has 0 spiro atoms. The molecule has 0 saturated carbocycles. The van der Waals surface area contributed by atoms with Gasteiger partial charge in [-0.05, 0) is 55.3 Å². The minimum Gasteiger partial charge on any atom is -0.497 e. The van der Waals surface area contributed by atoms with Crippen LogP contribution < -0.4 is 10.1 Å². The van der Waals surface area contributed by atoms with Crippen LogP contribution in [-0.2, 0) is 12.7 Å². The fraction of sp³-hybridized carbons (Fsp3) is 0.381. The van der Waals surface area contributed by atoms with E-state index in [4.69, 9.17) is 16.3 Å². The molecule has 1 heterocycles. The summed E-state index contributed by atoms with van der Waals surface area (Å²) >= 11 is 5.97. The molecular weight excluding hydrogens is 405 g/mol. The van der Waals surface area contributed by atoms with Crippen LogP contribution >= 0.6 is 11.6 Å². The maximum Gasteiger partial charge on any atom is 0.416 e. The van der Waals surface area contributed by atoms with E-state index in [-0.39, 0.29) is 16.6 Å². The summed E-state index contributed by atoms with van der Waals surface area (Å²) in [5.41, 5.74) is 0.0407. The standard InChI is InChI=1S/C21H22ClF3N2O2/c1-29-17-6-2-4-14(10-17)12-27-9-3-5-16(13-27)26-20(28)18-11-15(21(23,24)25)7-8-19(18)22/h2,4,6-8,10-11,16H,3,5,9,12-13H2,1H3,(H,26,28). The fourth-order valence-corrected chi connectivity index (χ4v) is 3.69. The number of nitrogens with zero attached hydrogens (tertiary/aromatic N) is 1. The summed E-state index contributed by atoms with van der Waals surface area (Å²) in [6.45, 7) is 2.20. The number of hydrogen-bond acceptors (Lipinski definition) is 3. The van der Waals surface area contributed by atoms with Crippen molar-refractivity contribution in [3.05, 3.63) is 64.2 Å². The molecule has 1 aliphatic rings. The van der Waals surface area contributed by atoms with E-state index < -0.39 is 17.6 Å². The Morgan fingerprint density at radius 1 is 1.28 bits per heavy atom. The molecule has 8 heteroatoms. The van der Waals surface area contributed by atoms with Crippen LogP contribution in [0.1, 0.15) is 34.3 Å². The van der Waals surface area contributed by atoms with E-state index in [1.807, 2.05) is 24.3 Å². The lowest BCUT2D eigenvalue weighted by atomic mass is 10.0. The summed E-state index contributed by atoms with van der Waals surface area (Å²) in [6, 6.07) is 10.4. The van der Waals surface area contributed by atoms with Crippen molar-refractivity contribution >= 4 is 17.5 Å². The summed E-state index contributed by atoms with van der Waals surface area (Å²) in [7, 11) is 1.62. The average Bonchev–Trinajstić information content (AvgIpc) is 2.67. The lowest BCUT2D eigenvalue weighted by Gasteiger charge is -2.33. The van der Waals surface area contributed by atoms with Crippen LogP contribution in [-0.4, -0.2) is 37.0 Å². The third kappa shape index (κ3) is 5.64. The summed E-state index contributed by atoms with van der Waals surface area (Å²) in [4.78, 5) is 14.8. The van der Waals surface area contributed by atoms with Crippen LogP contribution in [0.5, 0.6) is 5.75 Å². The van der Waals surface area contributed by atoms with E-state index >= 15 is 0 Å². The number of amides is 1. The van der Waals surface area contributed by atoms with Crippen LogP contribution in [0.3, 0.4) is 0 Å². The zero-order valence-corrected chi connectivity index (χ0v) is 16.7. The molecule has 0 aliphatic carbocycles. The summed E-state index contributed by atoms with van der Waals surface area (Å²) in [6.07, 6.45) is -2.89. The van der Waals surface area contributed by atoms with Crippen molar-refractivity contribution < 1.29 is 22.7 Å². The predicted octanol–water partition coefficient (Wildman–Crippen LogP) is 4.76. The molecule has 2 aromatic rings. The van der Waals surface area contributed by atoms with Gasteiger partial charge in [-0.3, -0.25) is 9.69 Å². The molecule has 156 valence electrons. The van der Waals surface area contributed by atoms with E-state index in [0.29, 0.717) is 13.1 Å². The quantitative estimate of drug-likeness (QED) is 0.749. The van der Waals surface area contributed by atoms with Gasteiger partial charge in [-0.1, -0.05) is 23.7 Å². The van der Waals surface area contributed by atoms with Gasteiger partial charge in [0.1, 0.15) is 5.75 Å². The Hall–Kier alpha value is -2.25. The molecule has 1 saturated heterocycles. The normalized spacial score (nSPS) is 17.8. The number of hydrogen-bond donors (Lipinski definition) is 1.